The van der Waals surface area contributed by atoms with E-state index >= 15 is 0 Å². The smallest absolute Gasteiger partial charge is 0.229 e. The molecule has 100 valence electrons. The van der Waals surface area contributed by atoms with E-state index in [1.54, 1.807) is 11.9 Å². The van der Waals surface area contributed by atoms with Crippen LogP contribution in [0.1, 0.15) is 17.0 Å². The Morgan fingerprint density at radius 3 is 2.72 bits per heavy atom. The highest BCUT2D eigenvalue weighted by atomic mass is 16.5. The average molecular weight is 253 g/mol. The van der Waals surface area contributed by atoms with Crippen molar-refractivity contribution < 1.29 is 14.1 Å². The first kappa shape index (κ1) is 13.0. The van der Waals surface area contributed by atoms with E-state index in [4.69, 9.17) is 15.0 Å². The van der Waals surface area contributed by atoms with E-state index in [0.29, 0.717) is 19.8 Å². The van der Waals surface area contributed by atoms with Gasteiger partial charge in [-0.3, -0.25) is 4.79 Å². The first-order valence-electron chi connectivity index (χ1n) is 6.00. The van der Waals surface area contributed by atoms with Crippen LogP contribution in [0.15, 0.2) is 4.52 Å². The molecule has 1 fully saturated rings. The zero-order valence-corrected chi connectivity index (χ0v) is 11.0. The summed E-state index contributed by atoms with van der Waals surface area (Å²) in [5.41, 5.74) is 7.62. The molecule has 1 aliphatic heterocycles. The molecule has 2 atom stereocenters. The highest BCUT2D eigenvalue weighted by Crippen LogP contribution is 2.18. The molecule has 1 aliphatic rings. The molecule has 2 heterocycles. The van der Waals surface area contributed by atoms with Crippen molar-refractivity contribution in [1.82, 2.24) is 10.1 Å². The first-order chi connectivity index (χ1) is 8.50. The van der Waals surface area contributed by atoms with E-state index in [-0.39, 0.29) is 17.9 Å². The minimum atomic E-state index is -0.240. The Morgan fingerprint density at radius 1 is 1.50 bits per heavy atom. The third-order valence-electron chi connectivity index (χ3n) is 3.39. The number of hydrogen-bond donors (Lipinski definition) is 1. The van der Waals surface area contributed by atoms with Crippen LogP contribution in [-0.2, 0) is 16.1 Å². The van der Waals surface area contributed by atoms with Gasteiger partial charge in [0.25, 0.3) is 0 Å². The van der Waals surface area contributed by atoms with E-state index in [2.05, 4.69) is 5.16 Å². The second kappa shape index (κ2) is 5.07. The van der Waals surface area contributed by atoms with Crippen LogP contribution in [-0.4, -0.2) is 42.3 Å². The second-order valence-corrected chi connectivity index (χ2v) is 4.80. The number of ether oxygens (including phenoxy) is 1. The van der Waals surface area contributed by atoms with Crippen LogP contribution in [0, 0.1) is 19.8 Å². The van der Waals surface area contributed by atoms with Gasteiger partial charge in [0, 0.05) is 18.7 Å². The summed E-state index contributed by atoms with van der Waals surface area (Å²) < 4.78 is 10.3. The van der Waals surface area contributed by atoms with Crippen molar-refractivity contribution in [1.29, 1.82) is 0 Å². The SMILES string of the molecule is Cc1noc(C)c1CN(C)C(=O)C1COCC1N. The van der Waals surface area contributed by atoms with Crippen LogP contribution in [0.3, 0.4) is 0 Å². The second-order valence-electron chi connectivity index (χ2n) is 4.80. The number of amides is 1. The molecule has 6 heteroatoms. The maximum absolute atomic E-state index is 12.2. The van der Waals surface area contributed by atoms with Crippen molar-refractivity contribution in [2.24, 2.45) is 11.7 Å². The normalized spacial score (nSPS) is 23.3. The number of carbonyl (C=O) groups excluding carboxylic acids is 1. The average Bonchev–Trinajstić information content (AvgIpc) is 2.88. The van der Waals surface area contributed by atoms with Gasteiger partial charge in [-0.1, -0.05) is 5.16 Å². The Labute approximate surface area is 106 Å². The summed E-state index contributed by atoms with van der Waals surface area (Å²) in [6.07, 6.45) is 0. The predicted octanol–water partition coefficient (Wildman–Crippen LogP) is 0.224. The lowest BCUT2D eigenvalue weighted by atomic mass is 10.0. The monoisotopic (exact) mass is 253 g/mol. The molecule has 1 aromatic heterocycles. The highest BCUT2D eigenvalue weighted by molar-refractivity contribution is 5.79. The minimum absolute atomic E-state index is 0.0139. The third kappa shape index (κ3) is 2.39. The Bertz CT molecular complexity index is 424. The number of carbonyl (C=O) groups is 1. The number of aryl methyl sites for hydroxylation is 2. The van der Waals surface area contributed by atoms with Crippen molar-refractivity contribution in [3.8, 4) is 0 Å². The Kier molecular flexibility index (Phi) is 3.68. The Balaban J connectivity index is 2.04. The molecule has 0 bridgehead atoms. The molecule has 0 aromatic carbocycles. The van der Waals surface area contributed by atoms with Crippen LogP contribution in [0.5, 0.6) is 0 Å². The van der Waals surface area contributed by atoms with Crippen LogP contribution >= 0.6 is 0 Å². The van der Waals surface area contributed by atoms with Gasteiger partial charge in [0.15, 0.2) is 0 Å². The molecule has 6 nitrogen and oxygen atoms in total. The van der Waals surface area contributed by atoms with E-state index < -0.39 is 0 Å². The maximum atomic E-state index is 12.2. The fourth-order valence-corrected chi connectivity index (χ4v) is 2.15. The molecule has 1 aromatic rings. The van der Waals surface area contributed by atoms with Crippen molar-refractivity contribution in [3.63, 3.8) is 0 Å². The van der Waals surface area contributed by atoms with Gasteiger partial charge in [0.1, 0.15) is 5.76 Å². The van der Waals surface area contributed by atoms with E-state index in [1.807, 2.05) is 13.8 Å². The molecule has 1 amide bonds. The first-order valence-corrected chi connectivity index (χ1v) is 6.00. The van der Waals surface area contributed by atoms with Gasteiger partial charge in [0.05, 0.1) is 31.4 Å². The van der Waals surface area contributed by atoms with E-state index in [9.17, 15) is 4.79 Å². The predicted molar refractivity (Wildman–Crippen MR) is 64.7 cm³/mol. The summed E-state index contributed by atoms with van der Waals surface area (Å²) in [6, 6.07) is -0.204. The van der Waals surface area contributed by atoms with Crippen molar-refractivity contribution >= 4 is 5.91 Å². The van der Waals surface area contributed by atoms with Gasteiger partial charge in [-0.15, -0.1) is 0 Å². The Morgan fingerprint density at radius 2 is 2.22 bits per heavy atom. The molecule has 2 rings (SSSR count). The van der Waals surface area contributed by atoms with E-state index in [1.165, 1.54) is 0 Å². The van der Waals surface area contributed by atoms with Crippen LogP contribution in [0.4, 0.5) is 0 Å². The molecule has 2 unspecified atom stereocenters. The molecule has 0 radical (unpaired) electrons. The lowest BCUT2D eigenvalue weighted by Crippen LogP contribution is -2.41. The fraction of sp³-hybridized carbons (Fsp3) is 0.667. The summed E-state index contributed by atoms with van der Waals surface area (Å²) in [4.78, 5) is 13.9. The van der Waals surface area contributed by atoms with Gasteiger partial charge in [-0.2, -0.15) is 0 Å². The third-order valence-corrected chi connectivity index (χ3v) is 3.39. The molecular weight excluding hydrogens is 234 g/mol. The van der Waals surface area contributed by atoms with Gasteiger partial charge < -0.3 is 19.9 Å². The standard InChI is InChI=1S/C12H19N3O3/c1-7-9(8(2)18-14-7)4-15(3)12(16)10-5-17-6-11(10)13/h10-11H,4-6,13H2,1-3H3. The van der Waals surface area contributed by atoms with Crippen molar-refractivity contribution in [2.75, 3.05) is 20.3 Å². The zero-order valence-electron chi connectivity index (χ0n) is 11.0. The van der Waals surface area contributed by atoms with Crippen molar-refractivity contribution in [2.45, 2.75) is 26.4 Å². The minimum Gasteiger partial charge on any atom is -0.379 e. The quantitative estimate of drug-likeness (QED) is 0.833. The Hall–Kier alpha value is -1.40. The van der Waals surface area contributed by atoms with Gasteiger partial charge in [-0.05, 0) is 13.8 Å². The molecule has 0 saturated carbocycles. The summed E-state index contributed by atoms with van der Waals surface area (Å²) in [7, 11) is 1.76. The van der Waals surface area contributed by atoms with Crippen LogP contribution < -0.4 is 5.73 Å². The molecule has 0 aliphatic carbocycles. The summed E-state index contributed by atoms with van der Waals surface area (Å²) in [5.74, 6) is 0.523. The number of hydrogen-bond acceptors (Lipinski definition) is 5. The summed E-state index contributed by atoms with van der Waals surface area (Å²) in [6.45, 7) is 5.07. The zero-order chi connectivity index (χ0) is 13.3. The van der Waals surface area contributed by atoms with Crippen LogP contribution in [0.2, 0.25) is 0 Å². The summed E-state index contributed by atoms with van der Waals surface area (Å²) >= 11 is 0. The lowest BCUT2D eigenvalue weighted by molar-refractivity contribution is -0.135. The molecule has 0 spiro atoms. The fourth-order valence-electron chi connectivity index (χ4n) is 2.15. The van der Waals surface area contributed by atoms with Gasteiger partial charge in [0.2, 0.25) is 5.91 Å². The number of aromatic nitrogens is 1. The van der Waals surface area contributed by atoms with Gasteiger partial charge >= 0.3 is 0 Å². The highest BCUT2D eigenvalue weighted by Gasteiger charge is 2.33. The van der Waals surface area contributed by atoms with Gasteiger partial charge in [-0.25, -0.2) is 0 Å². The van der Waals surface area contributed by atoms with E-state index in [0.717, 1.165) is 17.0 Å². The molecule has 18 heavy (non-hydrogen) atoms. The number of nitrogens with zero attached hydrogens (tertiary/aromatic N) is 2. The lowest BCUT2D eigenvalue weighted by Gasteiger charge is -2.22. The molecular formula is C12H19N3O3. The van der Waals surface area contributed by atoms with Crippen molar-refractivity contribution in [3.05, 3.63) is 17.0 Å². The topological polar surface area (TPSA) is 81.6 Å². The largest absolute Gasteiger partial charge is 0.379 e. The number of rotatable bonds is 3. The summed E-state index contributed by atoms with van der Waals surface area (Å²) in [5, 5.41) is 3.88. The molecule has 2 N–H and O–H groups in total. The molecule has 1 saturated heterocycles. The number of nitrogens with two attached hydrogens (primary N) is 1. The van der Waals surface area contributed by atoms with Crippen LogP contribution in [0.25, 0.3) is 0 Å². The maximum Gasteiger partial charge on any atom is 0.229 e.